The molecule has 23 heavy (non-hydrogen) atoms. The lowest BCUT2D eigenvalue weighted by atomic mass is 10.0. The van der Waals surface area contributed by atoms with Crippen molar-refractivity contribution in [1.29, 1.82) is 0 Å². The summed E-state index contributed by atoms with van der Waals surface area (Å²) in [6, 6.07) is 8.71. The van der Waals surface area contributed by atoms with Gasteiger partial charge in [0.2, 0.25) is 5.91 Å². The van der Waals surface area contributed by atoms with Crippen molar-refractivity contribution in [2.45, 2.75) is 45.1 Å². The fraction of sp³-hybridized carbons (Fsp3) is 0.632. The van der Waals surface area contributed by atoms with Gasteiger partial charge >= 0.3 is 0 Å². The largest absolute Gasteiger partial charge is 0.372 e. The Labute approximate surface area is 139 Å². The van der Waals surface area contributed by atoms with E-state index in [1.165, 1.54) is 30.5 Å². The van der Waals surface area contributed by atoms with Gasteiger partial charge in [-0.05, 0) is 69.3 Å². The number of anilines is 1. The third kappa shape index (κ3) is 4.47. The van der Waals surface area contributed by atoms with Gasteiger partial charge in [0.15, 0.2) is 0 Å². The summed E-state index contributed by atoms with van der Waals surface area (Å²) < 4.78 is 0. The Morgan fingerprint density at radius 3 is 2.96 bits per heavy atom. The third-order valence-corrected chi connectivity index (χ3v) is 5.16. The van der Waals surface area contributed by atoms with Crippen molar-refractivity contribution in [3.63, 3.8) is 0 Å². The molecule has 2 aliphatic rings. The molecular weight excluding hydrogens is 286 g/mol. The number of nitrogens with zero attached hydrogens (tertiary/aromatic N) is 1. The van der Waals surface area contributed by atoms with E-state index in [0.717, 1.165) is 32.6 Å². The third-order valence-electron chi connectivity index (χ3n) is 5.16. The van der Waals surface area contributed by atoms with E-state index < -0.39 is 0 Å². The fourth-order valence-corrected chi connectivity index (χ4v) is 3.66. The molecule has 0 aromatic heterocycles. The number of nitrogens with one attached hydrogen (secondary N) is 2. The number of carbonyl (C=O) groups is 1. The van der Waals surface area contributed by atoms with Crippen molar-refractivity contribution >= 4 is 11.6 Å². The molecule has 0 spiro atoms. The summed E-state index contributed by atoms with van der Waals surface area (Å²) in [6.07, 6.45) is 5.42. The van der Waals surface area contributed by atoms with E-state index in [-0.39, 0.29) is 11.9 Å². The summed E-state index contributed by atoms with van der Waals surface area (Å²) >= 11 is 0. The van der Waals surface area contributed by atoms with E-state index in [4.69, 9.17) is 0 Å². The van der Waals surface area contributed by atoms with Crippen LogP contribution >= 0.6 is 0 Å². The van der Waals surface area contributed by atoms with E-state index >= 15 is 0 Å². The second-order valence-electron chi connectivity index (χ2n) is 6.98. The van der Waals surface area contributed by atoms with Crippen molar-refractivity contribution < 1.29 is 4.79 Å². The molecule has 0 bridgehead atoms. The normalized spacial score (nSPS) is 22.3. The Balaban J connectivity index is 1.51. The molecule has 126 valence electrons. The number of benzene rings is 1. The smallest absolute Gasteiger partial charge is 0.220 e. The summed E-state index contributed by atoms with van der Waals surface area (Å²) in [5, 5.41) is 6.52. The van der Waals surface area contributed by atoms with Crippen LogP contribution in [0.3, 0.4) is 0 Å². The SMILES string of the molecule is CC(NC(=O)CCC1CCNC1)c1cccc(N2CCCC2)c1. The molecule has 4 nitrogen and oxygen atoms in total. The predicted molar refractivity (Wildman–Crippen MR) is 94.7 cm³/mol. The van der Waals surface area contributed by atoms with E-state index in [0.29, 0.717) is 12.3 Å². The van der Waals surface area contributed by atoms with Crippen molar-refractivity contribution in [1.82, 2.24) is 10.6 Å². The molecule has 2 atom stereocenters. The van der Waals surface area contributed by atoms with Crippen LogP contribution in [0.1, 0.15) is 50.6 Å². The maximum atomic E-state index is 12.2. The maximum Gasteiger partial charge on any atom is 0.220 e. The lowest BCUT2D eigenvalue weighted by Crippen LogP contribution is -2.27. The van der Waals surface area contributed by atoms with E-state index in [1.54, 1.807) is 0 Å². The van der Waals surface area contributed by atoms with Crippen molar-refractivity contribution in [3.05, 3.63) is 29.8 Å². The summed E-state index contributed by atoms with van der Waals surface area (Å²) in [6.45, 7) is 6.56. The second kappa shape index (κ2) is 7.82. The molecule has 2 saturated heterocycles. The Morgan fingerprint density at radius 1 is 1.39 bits per heavy atom. The standard InChI is InChI=1S/C19H29N3O/c1-15(21-19(23)8-7-16-9-10-20-14-16)17-5-4-6-18(13-17)22-11-2-3-12-22/h4-6,13,15-16,20H,2-3,7-12,14H2,1H3,(H,21,23). The van der Waals surface area contributed by atoms with Crippen molar-refractivity contribution in [3.8, 4) is 0 Å². The first kappa shape index (κ1) is 16.3. The minimum Gasteiger partial charge on any atom is -0.372 e. The Bertz CT molecular complexity index is 519. The number of hydrogen-bond donors (Lipinski definition) is 2. The summed E-state index contributed by atoms with van der Waals surface area (Å²) in [5.74, 6) is 0.852. The van der Waals surface area contributed by atoms with Crippen molar-refractivity contribution in [2.75, 3.05) is 31.1 Å². The maximum absolute atomic E-state index is 12.2. The molecule has 0 saturated carbocycles. The Hall–Kier alpha value is -1.55. The van der Waals surface area contributed by atoms with Gasteiger partial charge in [-0.2, -0.15) is 0 Å². The first-order valence-electron chi connectivity index (χ1n) is 9.07. The average molecular weight is 315 g/mol. The van der Waals surface area contributed by atoms with Gasteiger partial charge in [0.25, 0.3) is 0 Å². The lowest BCUT2D eigenvalue weighted by molar-refractivity contribution is -0.122. The quantitative estimate of drug-likeness (QED) is 0.848. The van der Waals surface area contributed by atoms with Crippen LogP contribution in [0.4, 0.5) is 5.69 Å². The van der Waals surface area contributed by atoms with Crippen LogP contribution < -0.4 is 15.5 Å². The average Bonchev–Trinajstić information content (AvgIpc) is 3.26. The molecule has 2 unspecified atom stereocenters. The van der Waals surface area contributed by atoms with Crippen LogP contribution in [0.2, 0.25) is 0 Å². The highest BCUT2D eigenvalue weighted by atomic mass is 16.1. The molecule has 3 rings (SSSR count). The fourth-order valence-electron chi connectivity index (χ4n) is 3.66. The second-order valence-corrected chi connectivity index (χ2v) is 6.98. The van der Waals surface area contributed by atoms with Gasteiger partial charge in [0.05, 0.1) is 6.04 Å². The zero-order valence-corrected chi connectivity index (χ0v) is 14.2. The van der Waals surface area contributed by atoms with Gasteiger partial charge in [-0.15, -0.1) is 0 Å². The minimum absolute atomic E-state index is 0.0757. The monoisotopic (exact) mass is 315 g/mol. The molecule has 0 aliphatic carbocycles. The number of hydrogen-bond acceptors (Lipinski definition) is 3. The van der Waals surface area contributed by atoms with Crippen LogP contribution in [-0.4, -0.2) is 32.1 Å². The van der Waals surface area contributed by atoms with E-state index in [9.17, 15) is 4.79 Å². The molecule has 1 aromatic carbocycles. The first-order chi connectivity index (χ1) is 11.2. The van der Waals surface area contributed by atoms with Gasteiger partial charge in [-0.1, -0.05) is 12.1 Å². The highest BCUT2D eigenvalue weighted by Gasteiger charge is 2.17. The predicted octanol–water partition coefficient (Wildman–Crippen LogP) is 2.85. The highest BCUT2D eigenvalue weighted by molar-refractivity contribution is 5.76. The van der Waals surface area contributed by atoms with Crippen LogP contribution in [-0.2, 0) is 4.79 Å². The molecule has 2 fully saturated rings. The van der Waals surface area contributed by atoms with Gasteiger partial charge in [-0.3, -0.25) is 4.79 Å². The van der Waals surface area contributed by atoms with Gasteiger partial charge < -0.3 is 15.5 Å². The molecular formula is C19H29N3O. The van der Waals surface area contributed by atoms with Crippen LogP contribution in [0.25, 0.3) is 0 Å². The summed E-state index contributed by atoms with van der Waals surface area (Å²) in [4.78, 5) is 14.6. The molecule has 2 aliphatic heterocycles. The van der Waals surface area contributed by atoms with E-state index in [1.807, 2.05) is 0 Å². The number of amides is 1. The number of carbonyl (C=O) groups excluding carboxylic acids is 1. The molecule has 4 heteroatoms. The van der Waals surface area contributed by atoms with E-state index in [2.05, 4.69) is 46.7 Å². The zero-order valence-electron chi connectivity index (χ0n) is 14.2. The topological polar surface area (TPSA) is 44.4 Å². The van der Waals surface area contributed by atoms with Gasteiger partial charge in [0, 0.05) is 25.2 Å². The lowest BCUT2D eigenvalue weighted by Gasteiger charge is -2.21. The molecule has 1 amide bonds. The number of rotatable bonds is 6. The first-order valence-corrected chi connectivity index (χ1v) is 9.07. The van der Waals surface area contributed by atoms with Crippen LogP contribution in [0.5, 0.6) is 0 Å². The highest BCUT2D eigenvalue weighted by Crippen LogP contribution is 2.24. The zero-order chi connectivity index (χ0) is 16.1. The summed E-state index contributed by atoms with van der Waals surface area (Å²) in [5.41, 5.74) is 2.49. The van der Waals surface area contributed by atoms with Gasteiger partial charge in [-0.25, -0.2) is 0 Å². The minimum atomic E-state index is 0.0757. The molecule has 1 aromatic rings. The molecule has 2 heterocycles. The summed E-state index contributed by atoms with van der Waals surface area (Å²) in [7, 11) is 0. The van der Waals surface area contributed by atoms with Gasteiger partial charge in [0.1, 0.15) is 0 Å². The van der Waals surface area contributed by atoms with Crippen molar-refractivity contribution in [2.24, 2.45) is 5.92 Å². The molecule has 0 radical (unpaired) electrons. The Morgan fingerprint density at radius 2 is 2.22 bits per heavy atom. The van der Waals surface area contributed by atoms with Crippen LogP contribution in [0.15, 0.2) is 24.3 Å². The van der Waals surface area contributed by atoms with Crippen LogP contribution in [0, 0.1) is 5.92 Å². The molecule has 2 N–H and O–H groups in total. The Kier molecular flexibility index (Phi) is 5.55.